The number of aliphatic carboxylic acids is 1. The van der Waals surface area contributed by atoms with Gasteiger partial charge < -0.3 is 20.1 Å². The number of likely N-dealkylation sites (tertiary alicyclic amines) is 1. The number of ether oxygens (including phenoxy) is 1. The molecule has 2 aliphatic rings. The van der Waals surface area contributed by atoms with Crippen LogP contribution >= 0.6 is 0 Å². The van der Waals surface area contributed by atoms with Crippen LogP contribution in [0.2, 0.25) is 0 Å². The molecule has 2 rings (SSSR count). The number of carboxylic acid groups (broad SMARTS) is 1. The molecule has 1 aliphatic carbocycles. The summed E-state index contributed by atoms with van der Waals surface area (Å²) in [6, 6.07) is -0.182. The number of nitrogens with one attached hydrogen (secondary N) is 1. The molecule has 6 nitrogen and oxygen atoms in total. The van der Waals surface area contributed by atoms with Gasteiger partial charge in [-0.3, -0.25) is 4.79 Å². The number of carbonyl (C=O) groups is 2. The molecular formula is C13H22N2O4. The summed E-state index contributed by atoms with van der Waals surface area (Å²) in [4.78, 5) is 24.6. The van der Waals surface area contributed by atoms with E-state index >= 15 is 0 Å². The van der Waals surface area contributed by atoms with E-state index in [2.05, 4.69) is 5.32 Å². The van der Waals surface area contributed by atoms with Crippen LogP contribution in [-0.4, -0.2) is 54.4 Å². The summed E-state index contributed by atoms with van der Waals surface area (Å²) < 4.78 is 5.44. The topological polar surface area (TPSA) is 78.9 Å². The second-order valence-electron chi connectivity index (χ2n) is 5.73. The third-order valence-corrected chi connectivity index (χ3v) is 4.48. The van der Waals surface area contributed by atoms with Crippen LogP contribution in [0.1, 0.15) is 26.2 Å². The Balaban J connectivity index is 1.83. The number of urea groups is 1. The fourth-order valence-corrected chi connectivity index (χ4v) is 2.83. The van der Waals surface area contributed by atoms with Crippen molar-refractivity contribution in [2.45, 2.75) is 31.8 Å². The van der Waals surface area contributed by atoms with Crippen LogP contribution in [0.5, 0.6) is 0 Å². The molecule has 19 heavy (non-hydrogen) atoms. The Morgan fingerprint density at radius 3 is 2.53 bits per heavy atom. The van der Waals surface area contributed by atoms with E-state index in [-0.39, 0.29) is 17.6 Å². The summed E-state index contributed by atoms with van der Waals surface area (Å²) in [6.07, 6.45) is 3.07. The molecular weight excluding hydrogens is 248 g/mol. The summed E-state index contributed by atoms with van der Waals surface area (Å²) >= 11 is 0. The second kappa shape index (κ2) is 5.36. The van der Waals surface area contributed by atoms with Gasteiger partial charge in [0.1, 0.15) is 0 Å². The number of hydrogen-bond acceptors (Lipinski definition) is 3. The molecule has 1 saturated carbocycles. The molecule has 2 amide bonds. The number of carboxylic acids is 1. The largest absolute Gasteiger partial charge is 0.481 e. The summed E-state index contributed by atoms with van der Waals surface area (Å²) in [5.41, 5.74) is -0.201. The van der Waals surface area contributed by atoms with E-state index in [0.29, 0.717) is 19.6 Å². The number of nitrogens with zero attached hydrogens (tertiary/aromatic N) is 1. The predicted molar refractivity (Wildman–Crippen MR) is 68.9 cm³/mol. The van der Waals surface area contributed by atoms with Gasteiger partial charge in [-0.25, -0.2) is 4.79 Å². The van der Waals surface area contributed by atoms with Crippen molar-refractivity contribution in [3.05, 3.63) is 0 Å². The average molecular weight is 270 g/mol. The summed E-state index contributed by atoms with van der Waals surface area (Å²) in [5.74, 6) is -1.27. The molecule has 0 spiro atoms. The molecule has 0 aromatic rings. The Bertz CT molecular complexity index is 362. The molecule has 0 aromatic carbocycles. The molecule has 0 radical (unpaired) electrons. The van der Waals surface area contributed by atoms with Crippen molar-refractivity contribution >= 4 is 12.0 Å². The third-order valence-electron chi connectivity index (χ3n) is 4.48. The maximum absolute atomic E-state index is 12.0. The molecule has 6 heteroatoms. The third kappa shape index (κ3) is 2.83. The van der Waals surface area contributed by atoms with Crippen molar-refractivity contribution in [2.24, 2.45) is 11.8 Å². The molecule has 0 bridgehead atoms. The van der Waals surface area contributed by atoms with Crippen LogP contribution in [0.3, 0.4) is 0 Å². The monoisotopic (exact) mass is 270 g/mol. The van der Waals surface area contributed by atoms with Gasteiger partial charge in [0.15, 0.2) is 0 Å². The minimum Gasteiger partial charge on any atom is -0.481 e. The highest BCUT2D eigenvalue weighted by Gasteiger charge is 2.40. The maximum atomic E-state index is 12.0. The van der Waals surface area contributed by atoms with E-state index in [1.807, 2.05) is 6.92 Å². The first kappa shape index (κ1) is 14.1. The molecule has 2 atom stereocenters. The summed E-state index contributed by atoms with van der Waals surface area (Å²) in [6.45, 7) is 3.17. The number of methoxy groups -OCH3 is 1. The van der Waals surface area contributed by atoms with E-state index in [0.717, 1.165) is 19.3 Å². The standard InChI is InChI=1S/C13H22N2O4/c1-9-6-15(7-10(9)11(16)17)12(18)14-8-13(19-2)4-3-5-13/h9-10H,3-8H2,1-2H3,(H,14,18)(H,16,17). The van der Waals surface area contributed by atoms with E-state index in [9.17, 15) is 9.59 Å². The molecule has 1 aliphatic heterocycles. The zero-order valence-electron chi connectivity index (χ0n) is 11.5. The van der Waals surface area contributed by atoms with E-state index in [4.69, 9.17) is 9.84 Å². The zero-order chi connectivity index (χ0) is 14.0. The first-order valence-electron chi connectivity index (χ1n) is 6.78. The van der Waals surface area contributed by atoms with Crippen LogP contribution in [0.4, 0.5) is 4.79 Å². The molecule has 1 saturated heterocycles. The van der Waals surface area contributed by atoms with Crippen LogP contribution in [0.25, 0.3) is 0 Å². The van der Waals surface area contributed by atoms with Gasteiger partial charge in [0, 0.05) is 26.7 Å². The normalized spacial score (nSPS) is 28.8. The fraction of sp³-hybridized carbons (Fsp3) is 0.846. The SMILES string of the molecule is COC1(CNC(=O)N2CC(C)C(C(=O)O)C2)CCC1. The van der Waals surface area contributed by atoms with Crippen LogP contribution < -0.4 is 5.32 Å². The maximum Gasteiger partial charge on any atom is 0.317 e. The highest BCUT2D eigenvalue weighted by atomic mass is 16.5. The Morgan fingerprint density at radius 1 is 1.42 bits per heavy atom. The number of carbonyl (C=O) groups excluding carboxylic acids is 1. The molecule has 2 fully saturated rings. The number of hydrogen-bond donors (Lipinski definition) is 2. The highest BCUT2D eigenvalue weighted by molar-refractivity contribution is 5.77. The van der Waals surface area contributed by atoms with Crippen molar-refractivity contribution in [1.29, 1.82) is 0 Å². The van der Waals surface area contributed by atoms with Crippen LogP contribution in [-0.2, 0) is 9.53 Å². The van der Waals surface area contributed by atoms with Gasteiger partial charge in [-0.2, -0.15) is 0 Å². The van der Waals surface area contributed by atoms with Gasteiger partial charge in [-0.05, 0) is 25.2 Å². The zero-order valence-corrected chi connectivity index (χ0v) is 11.5. The van der Waals surface area contributed by atoms with Crippen molar-refractivity contribution in [2.75, 3.05) is 26.7 Å². The van der Waals surface area contributed by atoms with E-state index < -0.39 is 11.9 Å². The Hall–Kier alpha value is -1.30. The lowest BCUT2D eigenvalue weighted by atomic mass is 9.80. The second-order valence-corrected chi connectivity index (χ2v) is 5.73. The highest BCUT2D eigenvalue weighted by Crippen LogP contribution is 2.34. The summed E-state index contributed by atoms with van der Waals surface area (Å²) in [7, 11) is 1.67. The van der Waals surface area contributed by atoms with Crippen molar-refractivity contribution < 1.29 is 19.4 Å². The van der Waals surface area contributed by atoms with Gasteiger partial charge in [0.25, 0.3) is 0 Å². The minimum atomic E-state index is -0.824. The van der Waals surface area contributed by atoms with Crippen molar-refractivity contribution in [3.63, 3.8) is 0 Å². The lowest BCUT2D eigenvalue weighted by Gasteiger charge is -2.40. The smallest absolute Gasteiger partial charge is 0.317 e. The molecule has 1 heterocycles. The molecule has 0 aromatic heterocycles. The predicted octanol–water partition coefficient (Wildman–Crippen LogP) is 0.918. The van der Waals surface area contributed by atoms with Gasteiger partial charge in [0.2, 0.25) is 0 Å². The van der Waals surface area contributed by atoms with Gasteiger partial charge >= 0.3 is 12.0 Å². The van der Waals surface area contributed by atoms with Crippen molar-refractivity contribution in [1.82, 2.24) is 10.2 Å². The Morgan fingerprint density at radius 2 is 2.11 bits per heavy atom. The Kier molecular flexibility index (Phi) is 3.99. The number of rotatable bonds is 4. The van der Waals surface area contributed by atoms with Gasteiger partial charge in [0.05, 0.1) is 11.5 Å². The minimum absolute atomic E-state index is 0.00309. The van der Waals surface area contributed by atoms with Gasteiger partial charge in [-0.15, -0.1) is 0 Å². The van der Waals surface area contributed by atoms with E-state index in [1.54, 1.807) is 12.0 Å². The summed E-state index contributed by atoms with van der Waals surface area (Å²) in [5, 5.41) is 11.9. The van der Waals surface area contributed by atoms with Crippen molar-refractivity contribution in [3.8, 4) is 0 Å². The number of amides is 2. The average Bonchev–Trinajstić information content (AvgIpc) is 2.70. The fourth-order valence-electron chi connectivity index (χ4n) is 2.83. The molecule has 2 unspecified atom stereocenters. The lowest BCUT2D eigenvalue weighted by Crippen LogP contribution is -2.51. The van der Waals surface area contributed by atoms with Gasteiger partial charge in [-0.1, -0.05) is 6.92 Å². The van der Waals surface area contributed by atoms with Crippen LogP contribution in [0.15, 0.2) is 0 Å². The quantitative estimate of drug-likeness (QED) is 0.796. The lowest BCUT2D eigenvalue weighted by molar-refractivity contribution is -0.142. The molecule has 2 N–H and O–H groups in total. The molecule has 108 valence electrons. The first-order chi connectivity index (χ1) is 8.97. The Labute approximate surface area is 113 Å². The van der Waals surface area contributed by atoms with E-state index in [1.165, 1.54) is 0 Å². The first-order valence-corrected chi connectivity index (χ1v) is 6.78. The van der Waals surface area contributed by atoms with Crippen LogP contribution in [0, 0.1) is 11.8 Å².